The van der Waals surface area contributed by atoms with Crippen LogP contribution in [0, 0.1) is 5.92 Å². The zero-order valence-corrected chi connectivity index (χ0v) is 15.1. The van der Waals surface area contributed by atoms with Crippen molar-refractivity contribution in [1.82, 2.24) is 10.6 Å². The first kappa shape index (κ1) is 18.9. The van der Waals surface area contributed by atoms with Gasteiger partial charge in [-0.3, -0.25) is 9.59 Å². The van der Waals surface area contributed by atoms with Crippen LogP contribution in [0.2, 0.25) is 0 Å². The van der Waals surface area contributed by atoms with E-state index in [1.54, 1.807) is 0 Å². The van der Waals surface area contributed by atoms with Gasteiger partial charge in [0, 0.05) is 24.4 Å². The number of ketones is 1. The predicted molar refractivity (Wildman–Crippen MR) is 97.9 cm³/mol. The average molecular weight is 351 g/mol. The highest BCUT2D eigenvalue weighted by Crippen LogP contribution is 2.23. The van der Waals surface area contributed by atoms with E-state index in [0.717, 1.165) is 37.9 Å². The number of Topliss-reactive ketones (excluding diaryl/α,β-unsaturated/α-hetero) is 1. The number of piperidine rings is 1. The van der Waals surface area contributed by atoms with Gasteiger partial charge in [-0.1, -0.05) is 19.1 Å². The molecule has 1 aliphatic heterocycles. The molecule has 1 amide bonds. The molecular weight excluding hydrogens is 324 g/mol. The fraction of sp³-hybridized carbons (Fsp3) is 0.579. The summed E-state index contributed by atoms with van der Waals surface area (Å²) in [6.45, 7) is 4.04. The molecule has 24 heavy (non-hydrogen) atoms. The van der Waals surface area contributed by atoms with E-state index in [-0.39, 0.29) is 36.6 Å². The molecule has 2 atom stereocenters. The maximum Gasteiger partial charge on any atom is 0.220 e. The van der Waals surface area contributed by atoms with Gasteiger partial charge in [0.1, 0.15) is 0 Å². The second-order valence-electron chi connectivity index (χ2n) is 6.90. The van der Waals surface area contributed by atoms with E-state index in [0.29, 0.717) is 12.3 Å². The molecule has 1 aliphatic carbocycles. The fourth-order valence-electron chi connectivity index (χ4n) is 3.62. The van der Waals surface area contributed by atoms with Crippen LogP contribution in [0.15, 0.2) is 18.2 Å². The third-order valence-corrected chi connectivity index (χ3v) is 5.13. The van der Waals surface area contributed by atoms with E-state index in [2.05, 4.69) is 23.6 Å². The van der Waals surface area contributed by atoms with Gasteiger partial charge >= 0.3 is 0 Å². The molecule has 0 bridgehead atoms. The van der Waals surface area contributed by atoms with Crippen LogP contribution >= 0.6 is 12.4 Å². The second-order valence-corrected chi connectivity index (χ2v) is 6.90. The number of halogens is 1. The molecule has 0 radical (unpaired) electrons. The standard InChI is InChI=1S/C19H26N2O2.ClH/c1-13-12-20-10-9-17(13)21-19(23)8-7-18(22)16-6-5-14-3-2-4-15(14)11-16;/h5-6,11,13,17,20H,2-4,7-10,12H2,1H3,(H,21,23);1H. The van der Waals surface area contributed by atoms with Crippen LogP contribution in [-0.4, -0.2) is 30.8 Å². The molecule has 1 aromatic carbocycles. The molecular formula is C19H27ClN2O2. The molecule has 5 heteroatoms. The first-order valence-electron chi connectivity index (χ1n) is 8.78. The Morgan fingerprint density at radius 3 is 2.79 bits per heavy atom. The number of fused-ring (bicyclic) bond motifs is 1. The van der Waals surface area contributed by atoms with Gasteiger partial charge in [0.2, 0.25) is 5.91 Å². The average Bonchev–Trinajstić information content (AvgIpc) is 3.02. The van der Waals surface area contributed by atoms with Crippen LogP contribution in [0.4, 0.5) is 0 Å². The minimum atomic E-state index is -0.00161. The fourth-order valence-corrected chi connectivity index (χ4v) is 3.62. The Hall–Kier alpha value is -1.39. The van der Waals surface area contributed by atoms with E-state index >= 15 is 0 Å². The van der Waals surface area contributed by atoms with Gasteiger partial charge in [-0.2, -0.15) is 0 Å². The van der Waals surface area contributed by atoms with Crippen LogP contribution in [0.3, 0.4) is 0 Å². The molecule has 0 aromatic heterocycles. The van der Waals surface area contributed by atoms with Crippen molar-refractivity contribution in [2.24, 2.45) is 5.92 Å². The molecule has 3 rings (SSSR count). The summed E-state index contributed by atoms with van der Waals surface area (Å²) in [5.74, 6) is 0.520. The number of carbonyl (C=O) groups is 2. The Bertz CT molecular complexity index is 603. The molecule has 0 spiro atoms. The van der Waals surface area contributed by atoms with E-state index in [4.69, 9.17) is 0 Å². The number of rotatable bonds is 5. The maximum absolute atomic E-state index is 12.3. The summed E-state index contributed by atoms with van der Waals surface area (Å²) in [7, 11) is 0. The zero-order chi connectivity index (χ0) is 16.2. The lowest BCUT2D eigenvalue weighted by atomic mass is 9.95. The molecule has 2 N–H and O–H groups in total. The van der Waals surface area contributed by atoms with Gasteiger partial charge in [-0.05, 0) is 61.9 Å². The third kappa shape index (κ3) is 4.58. The maximum atomic E-state index is 12.3. The molecule has 4 nitrogen and oxygen atoms in total. The molecule has 1 fully saturated rings. The first-order valence-corrected chi connectivity index (χ1v) is 8.78. The van der Waals surface area contributed by atoms with Gasteiger partial charge in [-0.25, -0.2) is 0 Å². The number of benzene rings is 1. The van der Waals surface area contributed by atoms with Crippen molar-refractivity contribution < 1.29 is 9.59 Å². The lowest BCUT2D eigenvalue weighted by Gasteiger charge is -2.30. The lowest BCUT2D eigenvalue weighted by molar-refractivity contribution is -0.122. The van der Waals surface area contributed by atoms with Crippen molar-refractivity contribution >= 4 is 24.1 Å². The SMILES string of the molecule is CC1CNCCC1NC(=O)CCC(=O)c1ccc2c(c1)CCC2.Cl. The van der Waals surface area contributed by atoms with Crippen molar-refractivity contribution in [3.63, 3.8) is 0 Å². The van der Waals surface area contributed by atoms with Crippen molar-refractivity contribution in [3.05, 3.63) is 34.9 Å². The molecule has 132 valence electrons. The van der Waals surface area contributed by atoms with Gasteiger partial charge in [0.05, 0.1) is 0 Å². The topological polar surface area (TPSA) is 58.2 Å². The highest BCUT2D eigenvalue weighted by Gasteiger charge is 2.23. The summed E-state index contributed by atoms with van der Waals surface area (Å²) < 4.78 is 0. The first-order chi connectivity index (χ1) is 11.1. The normalized spacial score (nSPS) is 22.4. The quantitative estimate of drug-likeness (QED) is 0.803. The summed E-state index contributed by atoms with van der Waals surface area (Å²) in [6, 6.07) is 6.25. The number of hydrogen-bond donors (Lipinski definition) is 2. The van der Waals surface area contributed by atoms with E-state index in [1.165, 1.54) is 17.5 Å². The van der Waals surface area contributed by atoms with Gasteiger partial charge in [0.25, 0.3) is 0 Å². The Kier molecular flexibility index (Phi) is 6.81. The monoisotopic (exact) mass is 350 g/mol. The van der Waals surface area contributed by atoms with Gasteiger partial charge in [-0.15, -0.1) is 12.4 Å². The van der Waals surface area contributed by atoms with Crippen molar-refractivity contribution in [1.29, 1.82) is 0 Å². The summed E-state index contributed by atoms with van der Waals surface area (Å²) in [4.78, 5) is 24.4. The predicted octanol–water partition coefficient (Wildman–Crippen LogP) is 2.67. The highest BCUT2D eigenvalue weighted by molar-refractivity contribution is 5.98. The number of carbonyl (C=O) groups excluding carboxylic acids is 2. The van der Waals surface area contributed by atoms with Crippen LogP contribution < -0.4 is 10.6 Å². The van der Waals surface area contributed by atoms with E-state index in [1.807, 2.05) is 12.1 Å². The summed E-state index contributed by atoms with van der Waals surface area (Å²) in [5.41, 5.74) is 3.44. The summed E-state index contributed by atoms with van der Waals surface area (Å²) >= 11 is 0. The van der Waals surface area contributed by atoms with Crippen molar-refractivity contribution in [2.75, 3.05) is 13.1 Å². The number of nitrogens with one attached hydrogen (secondary N) is 2. The molecule has 1 heterocycles. The van der Waals surface area contributed by atoms with Crippen molar-refractivity contribution in [2.45, 2.75) is 51.5 Å². The lowest BCUT2D eigenvalue weighted by Crippen LogP contribution is -2.48. The smallest absolute Gasteiger partial charge is 0.220 e. The number of hydrogen-bond acceptors (Lipinski definition) is 3. The van der Waals surface area contributed by atoms with E-state index in [9.17, 15) is 9.59 Å². The summed E-state index contributed by atoms with van der Waals surface area (Å²) in [6.07, 6.45) is 4.93. The van der Waals surface area contributed by atoms with Crippen LogP contribution in [0.1, 0.15) is 54.1 Å². The summed E-state index contributed by atoms with van der Waals surface area (Å²) in [5, 5.41) is 6.41. The number of amides is 1. The molecule has 1 saturated heterocycles. The molecule has 0 saturated carbocycles. The Labute approximate surface area is 150 Å². The van der Waals surface area contributed by atoms with Crippen molar-refractivity contribution in [3.8, 4) is 0 Å². The van der Waals surface area contributed by atoms with Gasteiger partial charge < -0.3 is 10.6 Å². The van der Waals surface area contributed by atoms with Crippen LogP contribution in [-0.2, 0) is 17.6 Å². The Balaban J connectivity index is 0.00000208. The third-order valence-electron chi connectivity index (χ3n) is 5.13. The zero-order valence-electron chi connectivity index (χ0n) is 14.3. The van der Waals surface area contributed by atoms with E-state index < -0.39 is 0 Å². The second kappa shape index (κ2) is 8.63. The highest BCUT2D eigenvalue weighted by atomic mass is 35.5. The van der Waals surface area contributed by atoms with Gasteiger partial charge in [0.15, 0.2) is 5.78 Å². The Morgan fingerprint density at radius 1 is 1.21 bits per heavy atom. The Morgan fingerprint density at radius 2 is 2.00 bits per heavy atom. The van der Waals surface area contributed by atoms with Crippen LogP contribution in [0.25, 0.3) is 0 Å². The largest absolute Gasteiger partial charge is 0.353 e. The molecule has 2 unspecified atom stereocenters. The molecule has 1 aromatic rings. The van der Waals surface area contributed by atoms with Crippen LogP contribution in [0.5, 0.6) is 0 Å². The number of aryl methyl sites for hydroxylation is 2. The molecule has 2 aliphatic rings. The minimum Gasteiger partial charge on any atom is -0.353 e. The minimum absolute atomic E-state index is 0.